The minimum absolute atomic E-state index is 0.291. The van der Waals surface area contributed by atoms with Gasteiger partial charge in [-0.3, -0.25) is 0 Å². The molecule has 132 valence electrons. The molecule has 1 heterocycles. The van der Waals surface area contributed by atoms with Gasteiger partial charge in [-0.1, -0.05) is 42.5 Å². The van der Waals surface area contributed by atoms with Gasteiger partial charge >= 0.3 is 5.97 Å². The number of ether oxygens (including phenoxy) is 1. The van der Waals surface area contributed by atoms with E-state index in [1.807, 2.05) is 67.7 Å². The predicted octanol–water partition coefficient (Wildman–Crippen LogP) is 4.37. The Bertz CT molecular complexity index is 855. The van der Waals surface area contributed by atoms with Gasteiger partial charge in [0.25, 0.3) is 0 Å². The molecule has 0 spiro atoms. The van der Waals surface area contributed by atoms with Crippen LogP contribution in [0.1, 0.15) is 11.1 Å². The average Bonchev–Trinajstić information content (AvgIpc) is 3.01. The van der Waals surface area contributed by atoms with Crippen LogP contribution in [0.2, 0.25) is 0 Å². The monoisotopic (exact) mass is 366 g/mol. The molecule has 0 fully saturated rings. The van der Waals surface area contributed by atoms with Crippen molar-refractivity contribution in [1.29, 1.82) is 0 Å². The first-order valence-corrected chi connectivity index (χ1v) is 8.82. The summed E-state index contributed by atoms with van der Waals surface area (Å²) >= 11 is 5.76. The molecule has 0 aromatic heterocycles. The molecule has 26 heavy (non-hydrogen) atoms. The molecule has 1 aliphatic heterocycles. The predicted molar refractivity (Wildman–Crippen MR) is 107 cm³/mol. The maximum absolute atomic E-state index is 12.0. The van der Waals surface area contributed by atoms with Crippen LogP contribution in [0.4, 0.5) is 5.69 Å². The second-order valence-corrected chi connectivity index (χ2v) is 6.19. The summed E-state index contributed by atoms with van der Waals surface area (Å²) in [6, 6.07) is 17.6. The summed E-state index contributed by atoms with van der Waals surface area (Å²) in [5.74, 6) is 0.423. The molecule has 0 saturated heterocycles. The molecule has 2 aromatic carbocycles. The summed E-state index contributed by atoms with van der Waals surface area (Å²) in [6.45, 7) is 0.774. The van der Waals surface area contributed by atoms with Crippen molar-refractivity contribution in [2.24, 2.45) is 4.99 Å². The lowest BCUT2D eigenvalue weighted by Gasteiger charge is -2.17. The lowest BCUT2D eigenvalue weighted by atomic mass is 10.1. The topological polar surface area (TPSA) is 41.9 Å². The number of carbonyl (C=O) groups is 1. The summed E-state index contributed by atoms with van der Waals surface area (Å²) in [7, 11) is 1.99. The zero-order chi connectivity index (χ0) is 18.4. The number of carbonyl (C=O) groups excluding carboxylic acids is 1. The summed E-state index contributed by atoms with van der Waals surface area (Å²) in [6.07, 6.45) is 5.27. The number of benzene rings is 2. The summed E-state index contributed by atoms with van der Waals surface area (Å²) in [5, 5.41) is 0. The normalized spacial score (nSPS) is 15.4. The summed E-state index contributed by atoms with van der Waals surface area (Å²) in [5.41, 5.74) is 3.26. The fraction of sp³-hybridized carbons (Fsp3) is 0.143. The molecular weight excluding hydrogens is 348 g/mol. The highest BCUT2D eigenvalue weighted by molar-refractivity contribution is 6.18. The number of esters is 1. The van der Waals surface area contributed by atoms with Gasteiger partial charge in [0.15, 0.2) is 5.70 Å². The molecule has 2 aromatic rings. The molecule has 0 unspecified atom stereocenters. The SMILES string of the molecule is CN(CCCl)c1ccc(/C=C2N=C(/C=C\c3ccccc3)OC\2=O)cc1. The van der Waals surface area contributed by atoms with Crippen molar-refractivity contribution in [3.63, 3.8) is 0 Å². The van der Waals surface area contributed by atoms with Crippen molar-refractivity contribution < 1.29 is 9.53 Å². The highest BCUT2D eigenvalue weighted by Gasteiger charge is 2.21. The average molecular weight is 367 g/mol. The number of anilines is 1. The Morgan fingerprint density at radius 3 is 2.46 bits per heavy atom. The molecule has 1 aliphatic rings. The second-order valence-electron chi connectivity index (χ2n) is 5.82. The number of alkyl halides is 1. The molecule has 0 N–H and O–H groups in total. The number of hydrogen-bond acceptors (Lipinski definition) is 4. The molecule has 0 bridgehead atoms. The summed E-state index contributed by atoms with van der Waals surface area (Å²) < 4.78 is 5.19. The van der Waals surface area contributed by atoms with Crippen LogP contribution in [-0.4, -0.2) is 31.3 Å². The van der Waals surface area contributed by atoms with Crippen LogP contribution in [0.3, 0.4) is 0 Å². The van der Waals surface area contributed by atoms with E-state index in [1.54, 1.807) is 12.2 Å². The number of halogens is 1. The number of hydrogen-bond donors (Lipinski definition) is 0. The maximum Gasteiger partial charge on any atom is 0.363 e. The third kappa shape index (κ3) is 4.61. The zero-order valence-electron chi connectivity index (χ0n) is 14.4. The first-order chi connectivity index (χ1) is 12.7. The number of cyclic esters (lactones) is 1. The lowest BCUT2D eigenvalue weighted by molar-refractivity contribution is -0.129. The van der Waals surface area contributed by atoms with E-state index in [4.69, 9.17) is 16.3 Å². The van der Waals surface area contributed by atoms with Crippen LogP contribution in [0.5, 0.6) is 0 Å². The lowest BCUT2D eigenvalue weighted by Crippen LogP contribution is -2.19. The quantitative estimate of drug-likeness (QED) is 0.433. The number of nitrogens with zero attached hydrogens (tertiary/aromatic N) is 2. The minimum Gasteiger partial charge on any atom is -0.403 e. The Balaban J connectivity index is 1.73. The Morgan fingerprint density at radius 1 is 1.04 bits per heavy atom. The van der Waals surface area contributed by atoms with Gasteiger partial charge < -0.3 is 9.64 Å². The number of rotatable bonds is 6. The minimum atomic E-state index is -0.443. The van der Waals surface area contributed by atoms with Gasteiger partial charge in [-0.2, -0.15) is 0 Å². The Kier molecular flexibility index (Phi) is 5.87. The van der Waals surface area contributed by atoms with Crippen LogP contribution in [0, 0.1) is 0 Å². The van der Waals surface area contributed by atoms with Crippen molar-refractivity contribution in [3.05, 3.63) is 77.5 Å². The third-order valence-electron chi connectivity index (χ3n) is 3.91. The zero-order valence-corrected chi connectivity index (χ0v) is 15.2. The van der Waals surface area contributed by atoms with Crippen LogP contribution in [0.15, 0.2) is 71.4 Å². The maximum atomic E-state index is 12.0. The van der Waals surface area contributed by atoms with Gasteiger partial charge in [-0.15, -0.1) is 11.6 Å². The first kappa shape index (κ1) is 18.0. The molecular formula is C21H19ClN2O2. The van der Waals surface area contributed by atoms with Crippen LogP contribution < -0.4 is 4.90 Å². The van der Waals surface area contributed by atoms with Gasteiger partial charge in [-0.25, -0.2) is 9.79 Å². The molecule has 0 saturated carbocycles. The van der Waals surface area contributed by atoms with E-state index in [-0.39, 0.29) is 0 Å². The van der Waals surface area contributed by atoms with Gasteiger partial charge in [0, 0.05) is 31.2 Å². The van der Waals surface area contributed by atoms with Crippen molar-refractivity contribution in [2.75, 3.05) is 24.4 Å². The second kappa shape index (κ2) is 8.50. The van der Waals surface area contributed by atoms with Crippen molar-refractivity contribution in [1.82, 2.24) is 0 Å². The Hall–Kier alpha value is -2.85. The van der Waals surface area contributed by atoms with E-state index in [0.717, 1.165) is 23.4 Å². The molecule has 0 aliphatic carbocycles. The molecule has 0 atom stereocenters. The standard InChI is InChI=1S/C21H19ClN2O2/c1-24(14-13-22)18-10-7-17(8-11-18)15-19-21(25)26-20(23-19)12-9-16-5-3-2-4-6-16/h2-12,15H,13-14H2,1H3/b12-9-,19-15-. The van der Waals surface area contributed by atoms with Crippen LogP contribution in [0.25, 0.3) is 12.2 Å². The van der Waals surface area contributed by atoms with Crippen LogP contribution in [-0.2, 0) is 9.53 Å². The fourth-order valence-corrected chi connectivity index (χ4v) is 2.72. The van der Waals surface area contributed by atoms with E-state index >= 15 is 0 Å². The van der Waals surface area contributed by atoms with E-state index in [1.165, 1.54) is 0 Å². The molecule has 0 amide bonds. The van der Waals surface area contributed by atoms with Gasteiger partial charge in [0.05, 0.1) is 0 Å². The third-order valence-corrected chi connectivity index (χ3v) is 4.08. The highest BCUT2D eigenvalue weighted by atomic mass is 35.5. The van der Waals surface area contributed by atoms with Crippen molar-refractivity contribution >= 4 is 41.3 Å². The first-order valence-electron chi connectivity index (χ1n) is 8.28. The van der Waals surface area contributed by atoms with Crippen molar-refractivity contribution in [3.8, 4) is 0 Å². The molecule has 0 radical (unpaired) electrons. The van der Waals surface area contributed by atoms with Crippen molar-refractivity contribution in [2.45, 2.75) is 0 Å². The van der Waals surface area contributed by atoms with E-state index < -0.39 is 5.97 Å². The van der Waals surface area contributed by atoms with E-state index in [2.05, 4.69) is 9.89 Å². The van der Waals surface area contributed by atoms with Gasteiger partial charge in [-0.05, 0) is 35.4 Å². The smallest absolute Gasteiger partial charge is 0.363 e. The Labute approximate surface area is 158 Å². The molecule has 5 heteroatoms. The highest BCUT2D eigenvalue weighted by Crippen LogP contribution is 2.19. The largest absolute Gasteiger partial charge is 0.403 e. The van der Waals surface area contributed by atoms with Gasteiger partial charge in [0.1, 0.15) is 0 Å². The van der Waals surface area contributed by atoms with E-state index in [9.17, 15) is 4.79 Å². The number of aliphatic imine (C=N–C) groups is 1. The summed E-state index contributed by atoms with van der Waals surface area (Å²) in [4.78, 5) is 18.3. The van der Waals surface area contributed by atoms with E-state index in [0.29, 0.717) is 17.5 Å². The van der Waals surface area contributed by atoms with Crippen LogP contribution >= 0.6 is 11.6 Å². The fourth-order valence-electron chi connectivity index (χ4n) is 2.47. The molecule has 3 rings (SSSR count). The Morgan fingerprint density at radius 2 is 1.77 bits per heavy atom. The molecule has 4 nitrogen and oxygen atoms in total. The van der Waals surface area contributed by atoms with Gasteiger partial charge in [0.2, 0.25) is 5.90 Å².